The Morgan fingerprint density at radius 1 is 1.91 bits per heavy atom. The number of aromatic nitrogens is 2. The van der Waals surface area contributed by atoms with E-state index in [9.17, 15) is 0 Å². The summed E-state index contributed by atoms with van der Waals surface area (Å²) in [5.41, 5.74) is 6.00. The molecule has 0 aromatic carbocycles. The van der Waals surface area contributed by atoms with E-state index in [4.69, 9.17) is 18.0 Å². The van der Waals surface area contributed by atoms with Crippen molar-refractivity contribution in [2.75, 3.05) is 5.32 Å². The van der Waals surface area contributed by atoms with Crippen LogP contribution in [0.5, 0.6) is 0 Å². The van der Waals surface area contributed by atoms with Crippen LogP contribution in [-0.4, -0.2) is 15.0 Å². The fourth-order valence-electron chi connectivity index (χ4n) is 0.688. The van der Waals surface area contributed by atoms with Crippen molar-refractivity contribution in [1.29, 1.82) is 0 Å². The van der Waals surface area contributed by atoms with Crippen LogP contribution >= 0.6 is 12.2 Å². The second kappa shape index (κ2) is 3.16. The summed E-state index contributed by atoms with van der Waals surface area (Å²) in [5, 5.41) is 2.79. The molecule has 0 fully saturated rings. The van der Waals surface area contributed by atoms with Gasteiger partial charge in [-0.2, -0.15) is 0 Å². The van der Waals surface area contributed by atoms with Crippen molar-refractivity contribution < 1.29 is 0 Å². The van der Waals surface area contributed by atoms with Crippen LogP contribution < -0.4 is 11.1 Å². The molecule has 5 heteroatoms. The van der Waals surface area contributed by atoms with Crippen molar-refractivity contribution >= 4 is 23.0 Å². The maximum Gasteiger partial charge on any atom is 0.158 e. The average Bonchev–Trinajstić information content (AvgIpc) is 2.36. The Kier molecular flexibility index (Phi) is 2.22. The number of aromatic amines is 1. The SMILES string of the molecule is C=CNc1nc[nH]c1C(N)=S. The molecule has 0 atom stereocenters. The van der Waals surface area contributed by atoms with E-state index in [-0.39, 0.29) is 4.99 Å². The fourth-order valence-corrected chi connectivity index (χ4v) is 0.844. The van der Waals surface area contributed by atoms with Gasteiger partial charge in [-0.15, -0.1) is 0 Å². The van der Waals surface area contributed by atoms with Crippen molar-refractivity contribution in [3.8, 4) is 0 Å². The minimum Gasteiger partial charge on any atom is -0.388 e. The minimum absolute atomic E-state index is 0.284. The molecule has 0 unspecified atom stereocenters. The average molecular weight is 168 g/mol. The lowest BCUT2D eigenvalue weighted by Crippen LogP contribution is -2.11. The molecule has 11 heavy (non-hydrogen) atoms. The highest BCUT2D eigenvalue weighted by atomic mass is 32.1. The highest BCUT2D eigenvalue weighted by molar-refractivity contribution is 7.80. The monoisotopic (exact) mass is 168 g/mol. The fraction of sp³-hybridized carbons (Fsp3) is 0. The summed E-state index contributed by atoms with van der Waals surface area (Å²) >= 11 is 4.75. The number of hydrogen-bond acceptors (Lipinski definition) is 3. The molecule has 0 spiro atoms. The van der Waals surface area contributed by atoms with Gasteiger partial charge in [-0.05, 0) is 6.20 Å². The number of nitrogens with one attached hydrogen (secondary N) is 2. The summed E-state index contributed by atoms with van der Waals surface area (Å²) in [7, 11) is 0. The van der Waals surface area contributed by atoms with Gasteiger partial charge in [0.2, 0.25) is 0 Å². The maximum absolute atomic E-state index is 5.38. The molecular weight excluding hydrogens is 160 g/mol. The van der Waals surface area contributed by atoms with Crippen LogP contribution in [0.2, 0.25) is 0 Å². The first-order chi connectivity index (χ1) is 5.25. The van der Waals surface area contributed by atoms with Gasteiger partial charge >= 0.3 is 0 Å². The number of hydrogen-bond donors (Lipinski definition) is 3. The molecule has 0 radical (unpaired) electrons. The largest absolute Gasteiger partial charge is 0.388 e. The second-order valence-corrected chi connectivity index (χ2v) is 2.28. The predicted molar refractivity (Wildman–Crippen MR) is 48.3 cm³/mol. The van der Waals surface area contributed by atoms with Crippen molar-refractivity contribution in [1.82, 2.24) is 9.97 Å². The lowest BCUT2D eigenvalue weighted by molar-refractivity contribution is 1.30. The van der Waals surface area contributed by atoms with Crippen LogP contribution in [0.4, 0.5) is 5.82 Å². The van der Waals surface area contributed by atoms with Gasteiger partial charge < -0.3 is 16.0 Å². The zero-order valence-electron chi connectivity index (χ0n) is 5.79. The van der Waals surface area contributed by atoms with Crippen LogP contribution in [0.1, 0.15) is 5.69 Å². The summed E-state index contributed by atoms with van der Waals surface area (Å²) in [6, 6.07) is 0. The lowest BCUT2D eigenvalue weighted by atomic mass is 10.4. The number of nitrogens with two attached hydrogens (primary N) is 1. The molecule has 4 N–H and O–H groups in total. The van der Waals surface area contributed by atoms with Gasteiger partial charge in [-0.1, -0.05) is 18.8 Å². The Bertz CT molecular complexity index is 278. The smallest absolute Gasteiger partial charge is 0.158 e. The third kappa shape index (κ3) is 1.56. The van der Waals surface area contributed by atoms with Crippen molar-refractivity contribution in [2.45, 2.75) is 0 Å². The summed E-state index contributed by atoms with van der Waals surface area (Å²) in [4.78, 5) is 7.01. The first-order valence-corrected chi connectivity index (χ1v) is 3.37. The summed E-state index contributed by atoms with van der Waals surface area (Å²) in [6.45, 7) is 3.49. The Hall–Kier alpha value is -1.36. The van der Waals surface area contributed by atoms with Crippen LogP contribution in [0.25, 0.3) is 0 Å². The number of H-pyrrole nitrogens is 1. The molecular formula is C6H8N4S. The summed E-state index contributed by atoms with van der Waals surface area (Å²) < 4.78 is 0. The minimum atomic E-state index is 0.284. The number of thiocarbonyl (C=S) groups is 1. The predicted octanol–water partition coefficient (Wildman–Crippen LogP) is 0.599. The van der Waals surface area contributed by atoms with Gasteiger partial charge in [0.25, 0.3) is 0 Å². The van der Waals surface area contributed by atoms with E-state index in [1.807, 2.05) is 0 Å². The number of rotatable bonds is 3. The molecule has 4 nitrogen and oxygen atoms in total. The summed E-state index contributed by atoms with van der Waals surface area (Å²) in [6.07, 6.45) is 3.03. The number of imidazole rings is 1. The lowest BCUT2D eigenvalue weighted by Gasteiger charge is -1.97. The molecule has 0 bridgehead atoms. The normalized spacial score (nSPS) is 9.09. The molecule has 0 aliphatic heterocycles. The molecule has 0 saturated heterocycles. The highest BCUT2D eigenvalue weighted by Crippen LogP contribution is 2.07. The molecule has 1 aromatic rings. The first kappa shape index (κ1) is 7.74. The molecule has 58 valence electrons. The highest BCUT2D eigenvalue weighted by Gasteiger charge is 2.04. The van der Waals surface area contributed by atoms with E-state index in [0.29, 0.717) is 11.5 Å². The molecule has 0 saturated carbocycles. The Morgan fingerprint density at radius 2 is 2.64 bits per heavy atom. The third-order valence-corrected chi connectivity index (χ3v) is 1.33. The van der Waals surface area contributed by atoms with E-state index in [1.165, 1.54) is 12.5 Å². The van der Waals surface area contributed by atoms with E-state index < -0.39 is 0 Å². The van der Waals surface area contributed by atoms with Gasteiger partial charge in [0.05, 0.1) is 6.33 Å². The first-order valence-electron chi connectivity index (χ1n) is 2.96. The van der Waals surface area contributed by atoms with E-state index in [0.717, 1.165) is 0 Å². The Balaban J connectivity index is 2.95. The quantitative estimate of drug-likeness (QED) is 0.578. The van der Waals surface area contributed by atoms with Gasteiger partial charge in [0, 0.05) is 0 Å². The molecule has 1 rings (SSSR count). The zero-order valence-corrected chi connectivity index (χ0v) is 6.61. The van der Waals surface area contributed by atoms with Gasteiger partial charge in [0.1, 0.15) is 10.7 Å². The second-order valence-electron chi connectivity index (χ2n) is 1.84. The van der Waals surface area contributed by atoms with Gasteiger partial charge in [-0.25, -0.2) is 4.98 Å². The van der Waals surface area contributed by atoms with Crippen molar-refractivity contribution in [3.05, 3.63) is 24.8 Å². The number of anilines is 1. The molecule has 0 aliphatic carbocycles. The van der Waals surface area contributed by atoms with E-state index >= 15 is 0 Å². The molecule has 1 heterocycles. The van der Waals surface area contributed by atoms with Gasteiger partial charge in [0.15, 0.2) is 5.82 Å². The van der Waals surface area contributed by atoms with Gasteiger partial charge in [-0.3, -0.25) is 0 Å². The van der Waals surface area contributed by atoms with Crippen LogP contribution in [-0.2, 0) is 0 Å². The van der Waals surface area contributed by atoms with Crippen LogP contribution in [0.15, 0.2) is 19.1 Å². The standard InChI is InChI=1S/C6H8N4S/c1-2-8-6-4(5(7)11)9-3-10-6/h2-3,8H,1H2,(H2,7,11)(H,9,10). The third-order valence-electron chi connectivity index (χ3n) is 1.12. The van der Waals surface area contributed by atoms with Crippen molar-refractivity contribution in [3.63, 3.8) is 0 Å². The number of nitrogens with zero attached hydrogens (tertiary/aromatic N) is 1. The summed E-state index contributed by atoms with van der Waals surface area (Å²) in [5.74, 6) is 0.604. The van der Waals surface area contributed by atoms with E-state index in [2.05, 4.69) is 21.9 Å². The van der Waals surface area contributed by atoms with Crippen LogP contribution in [0.3, 0.4) is 0 Å². The Labute approximate surface area is 69.5 Å². The molecule has 0 aliphatic rings. The zero-order chi connectivity index (χ0) is 8.27. The van der Waals surface area contributed by atoms with Crippen molar-refractivity contribution in [2.24, 2.45) is 5.73 Å². The van der Waals surface area contributed by atoms with E-state index in [1.54, 1.807) is 0 Å². The Morgan fingerprint density at radius 3 is 3.18 bits per heavy atom. The molecule has 1 aromatic heterocycles. The maximum atomic E-state index is 5.38. The molecule has 0 amide bonds. The van der Waals surface area contributed by atoms with Crippen LogP contribution in [0, 0.1) is 0 Å². The topological polar surface area (TPSA) is 66.7 Å².